The van der Waals surface area contributed by atoms with Crippen LogP contribution in [0.4, 0.5) is 9.18 Å². The first-order chi connectivity index (χ1) is 7.11. The van der Waals surface area contributed by atoms with Crippen molar-refractivity contribution in [3.8, 4) is 5.75 Å². The molecule has 3 nitrogen and oxygen atoms in total. The first-order valence-corrected chi connectivity index (χ1v) is 5.05. The molecule has 0 aliphatic rings. The largest absolute Gasteiger partial charge is 0.413 e. The summed E-state index contributed by atoms with van der Waals surface area (Å²) in [6, 6.07) is 5.21. The Balaban J connectivity index is 2.48. The lowest BCUT2D eigenvalue weighted by atomic mass is 10.3. The van der Waals surface area contributed by atoms with Crippen molar-refractivity contribution in [3.63, 3.8) is 0 Å². The quantitative estimate of drug-likeness (QED) is 0.617. The van der Waals surface area contributed by atoms with E-state index in [2.05, 4.69) is 17.9 Å². The zero-order chi connectivity index (χ0) is 11.3. The molecule has 1 N–H and O–H groups in total. The van der Waals surface area contributed by atoms with Crippen molar-refractivity contribution in [2.24, 2.45) is 0 Å². The van der Waals surface area contributed by atoms with Gasteiger partial charge in [-0.15, -0.1) is 0 Å². The van der Waals surface area contributed by atoms with Gasteiger partial charge in [0.05, 0.1) is 5.37 Å². The SMILES string of the molecule is CCC(S)NC(=O)Oc1ccc(F)cc1. The summed E-state index contributed by atoms with van der Waals surface area (Å²) in [6.45, 7) is 1.88. The van der Waals surface area contributed by atoms with Crippen LogP contribution in [0.1, 0.15) is 13.3 Å². The smallest absolute Gasteiger partial charge is 0.410 e. The highest BCUT2D eigenvalue weighted by Gasteiger charge is 2.07. The van der Waals surface area contributed by atoms with Gasteiger partial charge < -0.3 is 10.1 Å². The number of halogens is 1. The lowest BCUT2D eigenvalue weighted by Crippen LogP contribution is -2.32. The highest BCUT2D eigenvalue weighted by atomic mass is 32.1. The Hall–Kier alpha value is -1.23. The fraction of sp³-hybridized carbons (Fsp3) is 0.300. The van der Waals surface area contributed by atoms with Crippen LogP contribution in [0, 0.1) is 5.82 Å². The van der Waals surface area contributed by atoms with Gasteiger partial charge in [0.25, 0.3) is 0 Å². The predicted octanol–water partition coefficient (Wildman–Crippen LogP) is 2.58. The third-order valence-corrected chi connectivity index (χ3v) is 2.19. The Morgan fingerprint density at radius 3 is 2.67 bits per heavy atom. The Kier molecular flexibility index (Phi) is 4.42. The Bertz CT molecular complexity index is 329. The molecule has 82 valence electrons. The van der Waals surface area contributed by atoms with Gasteiger partial charge in [-0.1, -0.05) is 6.92 Å². The van der Waals surface area contributed by atoms with E-state index in [-0.39, 0.29) is 11.2 Å². The summed E-state index contributed by atoms with van der Waals surface area (Å²) in [5.74, 6) is -0.0751. The normalized spacial score (nSPS) is 11.9. The molecule has 1 aromatic carbocycles. The predicted molar refractivity (Wildman–Crippen MR) is 58.6 cm³/mol. The molecule has 0 heterocycles. The van der Waals surface area contributed by atoms with Crippen LogP contribution in [0.25, 0.3) is 0 Å². The second-order valence-corrected chi connectivity index (χ2v) is 3.54. The van der Waals surface area contributed by atoms with Crippen LogP contribution >= 0.6 is 12.6 Å². The van der Waals surface area contributed by atoms with E-state index in [0.29, 0.717) is 12.2 Å². The highest BCUT2D eigenvalue weighted by molar-refractivity contribution is 7.80. The third kappa shape index (κ3) is 4.20. The Morgan fingerprint density at radius 1 is 1.53 bits per heavy atom. The zero-order valence-corrected chi connectivity index (χ0v) is 9.13. The van der Waals surface area contributed by atoms with Gasteiger partial charge in [0.1, 0.15) is 11.6 Å². The molecule has 5 heteroatoms. The van der Waals surface area contributed by atoms with Crippen LogP contribution in [-0.4, -0.2) is 11.5 Å². The molecule has 0 aromatic heterocycles. The molecule has 0 bridgehead atoms. The summed E-state index contributed by atoms with van der Waals surface area (Å²) in [7, 11) is 0. The maximum Gasteiger partial charge on any atom is 0.413 e. The maximum absolute atomic E-state index is 12.5. The van der Waals surface area contributed by atoms with E-state index in [0.717, 1.165) is 0 Å². The number of amides is 1. The first-order valence-electron chi connectivity index (χ1n) is 4.53. The van der Waals surface area contributed by atoms with Crippen LogP contribution in [0.3, 0.4) is 0 Å². The summed E-state index contributed by atoms with van der Waals surface area (Å²) in [6.07, 6.45) is 0.102. The van der Waals surface area contributed by atoms with Crippen molar-refractivity contribution in [3.05, 3.63) is 30.1 Å². The van der Waals surface area contributed by atoms with Gasteiger partial charge >= 0.3 is 6.09 Å². The maximum atomic E-state index is 12.5. The van der Waals surface area contributed by atoms with E-state index >= 15 is 0 Å². The van der Waals surface area contributed by atoms with E-state index < -0.39 is 6.09 Å². The average Bonchev–Trinajstić information content (AvgIpc) is 2.21. The van der Waals surface area contributed by atoms with Crippen LogP contribution in [0.15, 0.2) is 24.3 Å². The van der Waals surface area contributed by atoms with Crippen molar-refractivity contribution in [1.82, 2.24) is 5.32 Å². The summed E-state index contributed by atoms with van der Waals surface area (Å²) in [5, 5.41) is 2.26. The molecule has 15 heavy (non-hydrogen) atoms. The molecule has 1 rings (SSSR count). The van der Waals surface area contributed by atoms with Gasteiger partial charge in [0.15, 0.2) is 0 Å². The molecule has 1 atom stereocenters. The number of hydrogen-bond acceptors (Lipinski definition) is 3. The van der Waals surface area contributed by atoms with Crippen molar-refractivity contribution < 1.29 is 13.9 Å². The first kappa shape index (κ1) is 11.8. The average molecular weight is 229 g/mol. The van der Waals surface area contributed by atoms with Crippen LogP contribution in [0.2, 0.25) is 0 Å². The van der Waals surface area contributed by atoms with Crippen LogP contribution in [0.5, 0.6) is 5.75 Å². The lowest BCUT2D eigenvalue weighted by molar-refractivity contribution is 0.199. The van der Waals surface area contributed by atoms with E-state index in [4.69, 9.17) is 4.74 Å². The van der Waals surface area contributed by atoms with Gasteiger partial charge in [-0.05, 0) is 30.7 Å². The van der Waals surface area contributed by atoms with Crippen molar-refractivity contribution in [1.29, 1.82) is 0 Å². The molecule has 0 aliphatic heterocycles. The molecule has 0 radical (unpaired) electrons. The second kappa shape index (κ2) is 5.60. The molecule has 0 saturated carbocycles. The number of thiol groups is 1. The molecule has 0 fully saturated rings. The number of ether oxygens (including phenoxy) is 1. The minimum absolute atomic E-state index is 0.238. The monoisotopic (exact) mass is 229 g/mol. The molecular formula is C10H12FNO2S. The van der Waals surface area contributed by atoms with E-state index in [1.165, 1.54) is 24.3 Å². The summed E-state index contributed by atoms with van der Waals surface area (Å²) in [5.41, 5.74) is 0. The fourth-order valence-corrected chi connectivity index (χ4v) is 0.983. The van der Waals surface area contributed by atoms with Crippen molar-refractivity contribution in [2.75, 3.05) is 0 Å². The molecule has 1 amide bonds. The Morgan fingerprint density at radius 2 is 2.13 bits per heavy atom. The van der Waals surface area contributed by atoms with Gasteiger partial charge in [0.2, 0.25) is 0 Å². The second-order valence-electron chi connectivity index (χ2n) is 2.91. The molecule has 0 saturated heterocycles. The minimum atomic E-state index is -0.594. The van der Waals surface area contributed by atoms with Crippen LogP contribution in [-0.2, 0) is 0 Å². The summed E-state index contributed by atoms with van der Waals surface area (Å²) >= 11 is 4.08. The number of benzene rings is 1. The lowest BCUT2D eigenvalue weighted by Gasteiger charge is -2.10. The van der Waals surface area contributed by atoms with E-state index in [1.54, 1.807) is 0 Å². The summed E-state index contributed by atoms with van der Waals surface area (Å²) in [4.78, 5) is 11.2. The van der Waals surface area contributed by atoms with E-state index in [9.17, 15) is 9.18 Å². The number of hydrogen-bond donors (Lipinski definition) is 2. The molecular weight excluding hydrogens is 217 g/mol. The minimum Gasteiger partial charge on any atom is -0.410 e. The molecule has 1 unspecified atom stereocenters. The molecule has 0 spiro atoms. The standard InChI is InChI=1S/C10H12FNO2S/c1-2-9(15)12-10(13)14-8-5-3-7(11)4-6-8/h3-6,9,15H,2H2,1H3,(H,12,13). The van der Waals surface area contributed by atoms with Gasteiger partial charge in [0, 0.05) is 0 Å². The Labute approximate surface area is 93.0 Å². The van der Waals surface area contributed by atoms with Crippen LogP contribution < -0.4 is 10.1 Å². The summed E-state index contributed by atoms with van der Waals surface area (Å²) < 4.78 is 17.4. The van der Waals surface area contributed by atoms with Gasteiger partial charge in [-0.2, -0.15) is 12.6 Å². The number of nitrogens with one attached hydrogen (secondary N) is 1. The highest BCUT2D eigenvalue weighted by Crippen LogP contribution is 2.11. The topological polar surface area (TPSA) is 38.3 Å². The van der Waals surface area contributed by atoms with E-state index in [1.807, 2.05) is 6.92 Å². The van der Waals surface area contributed by atoms with Crippen molar-refractivity contribution >= 4 is 18.7 Å². The third-order valence-electron chi connectivity index (χ3n) is 1.70. The van der Waals surface area contributed by atoms with Gasteiger partial charge in [-0.3, -0.25) is 0 Å². The number of carbonyl (C=O) groups is 1. The number of carbonyl (C=O) groups excluding carboxylic acids is 1. The molecule has 0 aliphatic carbocycles. The molecule has 1 aromatic rings. The zero-order valence-electron chi connectivity index (χ0n) is 8.24. The van der Waals surface area contributed by atoms with Crippen molar-refractivity contribution in [2.45, 2.75) is 18.7 Å². The fourth-order valence-electron chi connectivity index (χ4n) is 0.877. The van der Waals surface area contributed by atoms with Gasteiger partial charge in [-0.25, -0.2) is 9.18 Å². The number of rotatable bonds is 3.